The minimum Gasteiger partial charge on any atom is -0.340 e. The molecule has 3 aliphatic rings. The predicted octanol–water partition coefficient (Wildman–Crippen LogP) is 3.26. The number of likely N-dealkylation sites (tertiary alicyclic amines) is 1. The van der Waals surface area contributed by atoms with Gasteiger partial charge in [-0.25, -0.2) is 0 Å². The van der Waals surface area contributed by atoms with E-state index in [9.17, 15) is 14.4 Å². The van der Waals surface area contributed by atoms with E-state index in [0.717, 1.165) is 13.1 Å². The van der Waals surface area contributed by atoms with E-state index in [4.69, 9.17) is 0 Å². The highest BCUT2D eigenvalue weighted by atomic mass is 16.2. The van der Waals surface area contributed by atoms with Gasteiger partial charge < -0.3 is 4.90 Å². The first-order valence-corrected chi connectivity index (χ1v) is 12.3. The first-order valence-electron chi connectivity index (χ1n) is 12.3. The van der Waals surface area contributed by atoms with Crippen molar-refractivity contribution in [2.45, 2.75) is 25.3 Å². The lowest BCUT2D eigenvalue weighted by molar-refractivity contribution is -0.141. The summed E-state index contributed by atoms with van der Waals surface area (Å²) in [5.41, 5.74) is 2.49. The van der Waals surface area contributed by atoms with Gasteiger partial charge in [-0.3, -0.25) is 24.2 Å². The first kappa shape index (κ1) is 22.5. The molecule has 0 unspecified atom stereocenters. The lowest BCUT2D eigenvalue weighted by Crippen LogP contribution is -2.50. The van der Waals surface area contributed by atoms with E-state index >= 15 is 0 Å². The van der Waals surface area contributed by atoms with Crippen molar-refractivity contribution in [2.24, 2.45) is 11.8 Å². The number of benzene rings is 2. The van der Waals surface area contributed by atoms with Crippen molar-refractivity contribution < 1.29 is 14.4 Å². The monoisotopic (exact) mass is 457 g/mol. The minimum absolute atomic E-state index is 0.0178. The Hall–Kier alpha value is -3.25. The Morgan fingerprint density at radius 3 is 1.76 bits per heavy atom. The van der Waals surface area contributed by atoms with Gasteiger partial charge in [-0.05, 0) is 24.0 Å². The van der Waals surface area contributed by atoms with Crippen molar-refractivity contribution in [3.8, 4) is 0 Å². The fraction of sp³-hybridized carbons (Fsp3) is 0.393. The molecular formula is C28H31N3O3. The molecule has 0 radical (unpaired) electrons. The summed E-state index contributed by atoms with van der Waals surface area (Å²) in [7, 11) is 0. The third kappa shape index (κ3) is 4.42. The third-order valence-corrected chi connectivity index (χ3v) is 7.41. The number of amides is 3. The van der Waals surface area contributed by atoms with E-state index in [1.165, 1.54) is 16.0 Å². The van der Waals surface area contributed by atoms with Gasteiger partial charge in [0.25, 0.3) is 0 Å². The summed E-state index contributed by atoms with van der Waals surface area (Å²) < 4.78 is 0. The van der Waals surface area contributed by atoms with E-state index < -0.39 is 0 Å². The molecule has 2 fully saturated rings. The highest BCUT2D eigenvalue weighted by molar-refractivity contribution is 6.05. The molecule has 2 atom stereocenters. The summed E-state index contributed by atoms with van der Waals surface area (Å²) in [5, 5.41) is 0. The molecule has 6 heteroatoms. The fourth-order valence-corrected chi connectivity index (χ4v) is 5.57. The second-order valence-corrected chi connectivity index (χ2v) is 9.37. The van der Waals surface area contributed by atoms with Crippen molar-refractivity contribution in [1.82, 2.24) is 14.7 Å². The van der Waals surface area contributed by atoms with Crippen LogP contribution in [0.1, 0.15) is 36.4 Å². The van der Waals surface area contributed by atoms with Crippen molar-refractivity contribution in [3.05, 3.63) is 83.9 Å². The average Bonchev–Trinajstić information content (AvgIpc) is 3.14. The van der Waals surface area contributed by atoms with Gasteiger partial charge in [0.05, 0.1) is 17.9 Å². The molecule has 1 aliphatic carbocycles. The lowest BCUT2D eigenvalue weighted by Gasteiger charge is -2.40. The number of allylic oxidation sites excluding steroid dienone is 2. The van der Waals surface area contributed by atoms with E-state index in [-0.39, 0.29) is 48.6 Å². The molecule has 0 spiro atoms. The minimum atomic E-state index is -0.232. The van der Waals surface area contributed by atoms with Gasteiger partial charge in [0.1, 0.15) is 0 Å². The van der Waals surface area contributed by atoms with Crippen LogP contribution in [0.5, 0.6) is 0 Å². The standard InChI is InChI=1S/C28H31N3O3/c32-25(15-16-31-27(33)23-13-7-8-14-24(23)28(31)34)29-17-19-30(20-18-29)26(21-9-3-1-4-10-21)22-11-5-2-6-12-22/h1-12,23-24,26H,13-20H2/t23-,24-/m0/s1. The van der Waals surface area contributed by atoms with Crippen LogP contribution >= 0.6 is 0 Å². The van der Waals surface area contributed by atoms with Crippen molar-refractivity contribution in [3.63, 3.8) is 0 Å². The van der Waals surface area contributed by atoms with Gasteiger partial charge in [0, 0.05) is 39.1 Å². The van der Waals surface area contributed by atoms with Gasteiger partial charge in [0.2, 0.25) is 17.7 Å². The van der Waals surface area contributed by atoms with Crippen LogP contribution in [-0.2, 0) is 14.4 Å². The highest BCUT2D eigenvalue weighted by Crippen LogP contribution is 2.35. The van der Waals surface area contributed by atoms with E-state index in [1.54, 1.807) is 0 Å². The Balaban J connectivity index is 1.19. The second kappa shape index (κ2) is 9.94. The van der Waals surface area contributed by atoms with Crippen LogP contribution in [0.15, 0.2) is 72.8 Å². The molecule has 2 aromatic rings. The molecule has 2 aliphatic heterocycles. The summed E-state index contributed by atoms with van der Waals surface area (Å²) >= 11 is 0. The Kier molecular flexibility index (Phi) is 6.59. The van der Waals surface area contributed by atoms with Crippen molar-refractivity contribution in [1.29, 1.82) is 0 Å². The largest absolute Gasteiger partial charge is 0.340 e. The van der Waals surface area contributed by atoms with Crippen LogP contribution in [0.2, 0.25) is 0 Å². The highest BCUT2D eigenvalue weighted by Gasteiger charge is 2.47. The molecule has 2 heterocycles. The Morgan fingerprint density at radius 2 is 1.26 bits per heavy atom. The topological polar surface area (TPSA) is 60.9 Å². The van der Waals surface area contributed by atoms with Crippen LogP contribution in [0, 0.1) is 11.8 Å². The Labute approximate surface area is 200 Å². The predicted molar refractivity (Wildman–Crippen MR) is 130 cm³/mol. The average molecular weight is 458 g/mol. The van der Waals surface area contributed by atoms with Crippen molar-refractivity contribution in [2.75, 3.05) is 32.7 Å². The zero-order valence-electron chi connectivity index (χ0n) is 19.4. The van der Waals surface area contributed by atoms with Gasteiger partial charge in [-0.15, -0.1) is 0 Å². The molecule has 5 rings (SSSR count). The van der Waals surface area contributed by atoms with Crippen LogP contribution in [0.25, 0.3) is 0 Å². The smallest absolute Gasteiger partial charge is 0.233 e. The van der Waals surface area contributed by atoms with Gasteiger partial charge >= 0.3 is 0 Å². The number of hydrogen-bond acceptors (Lipinski definition) is 4. The second-order valence-electron chi connectivity index (χ2n) is 9.37. The van der Waals surface area contributed by atoms with Gasteiger partial charge in [-0.1, -0.05) is 72.8 Å². The molecule has 0 N–H and O–H groups in total. The summed E-state index contributed by atoms with van der Waals surface area (Å²) in [5.74, 6) is -0.659. The van der Waals surface area contributed by atoms with Crippen molar-refractivity contribution >= 4 is 17.7 Å². The number of hydrogen-bond donors (Lipinski definition) is 0. The van der Waals surface area contributed by atoms with E-state index in [2.05, 4.69) is 53.4 Å². The van der Waals surface area contributed by atoms with Crippen LogP contribution in [0.4, 0.5) is 0 Å². The number of fused-ring (bicyclic) bond motifs is 1. The SMILES string of the molecule is O=C(CCN1C(=O)[C@H]2CC=CC[C@@H]2C1=O)N1CCN(C(c2ccccc2)c2ccccc2)CC1. The Morgan fingerprint density at radius 1 is 0.765 bits per heavy atom. The maximum atomic E-state index is 12.9. The Bertz CT molecular complexity index is 995. The molecule has 6 nitrogen and oxygen atoms in total. The summed E-state index contributed by atoms with van der Waals surface area (Å²) in [6.07, 6.45) is 5.43. The number of imide groups is 1. The lowest BCUT2D eigenvalue weighted by atomic mass is 9.85. The maximum absolute atomic E-state index is 12.9. The number of piperazine rings is 1. The van der Waals surface area contributed by atoms with Gasteiger partial charge in [-0.2, -0.15) is 0 Å². The third-order valence-electron chi connectivity index (χ3n) is 7.41. The number of carbonyl (C=O) groups excluding carboxylic acids is 3. The molecule has 3 amide bonds. The molecule has 2 saturated heterocycles. The first-order chi connectivity index (χ1) is 16.6. The molecule has 176 valence electrons. The number of carbonyl (C=O) groups is 3. The van der Waals surface area contributed by atoms with Crippen LogP contribution in [-0.4, -0.2) is 65.1 Å². The van der Waals surface area contributed by atoms with Crippen LogP contribution in [0.3, 0.4) is 0 Å². The summed E-state index contributed by atoms with van der Waals surface area (Å²) in [4.78, 5) is 43.9. The number of rotatable bonds is 6. The molecule has 0 aromatic heterocycles. The normalized spacial score (nSPS) is 23.0. The quantitative estimate of drug-likeness (QED) is 0.494. The zero-order chi connectivity index (χ0) is 23.5. The van der Waals surface area contributed by atoms with Crippen LogP contribution < -0.4 is 0 Å². The maximum Gasteiger partial charge on any atom is 0.233 e. The molecule has 2 aromatic carbocycles. The van der Waals surface area contributed by atoms with Gasteiger partial charge in [0.15, 0.2) is 0 Å². The zero-order valence-corrected chi connectivity index (χ0v) is 19.4. The van der Waals surface area contributed by atoms with E-state index in [1.807, 2.05) is 29.2 Å². The van der Waals surface area contributed by atoms with E-state index in [0.29, 0.717) is 25.9 Å². The molecule has 0 bridgehead atoms. The fourth-order valence-electron chi connectivity index (χ4n) is 5.57. The molecule has 34 heavy (non-hydrogen) atoms. The number of nitrogens with zero attached hydrogens (tertiary/aromatic N) is 3. The summed E-state index contributed by atoms with van der Waals surface area (Å²) in [6.45, 7) is 3.04. The molecular weight excluding hydrogens is 426 g/mol. The molecule has 0 saturated carbocycles. The summed E-state index contributed by atoms with van der Waals surface area (Å²) in [6, 6.07) is 21.1.